The summed E-state index contributed by atoms with van der Waals surface area (Å²) in [5.41, 5.74) is 8.05. The lowest BCUT2D eigenvalue weighted by Gasteiger charge is -2.14. The third kappa shape index (κ3) is 5.03. The SMILES string of the molecule is Cl.NCC(F)(F)CNC(=O)c1ccsc1NC(=O)c1ccc2c(c1)CCC2. The van der Waals surface area contributed by atoms with Crippen molar-refractivity contribution in [2.75, 3.05) is 18.4 Å². The Bertz CT molecular complexity index is 842. The fraction of sp³-hybridized carbons (Fsp3) is 0.333. The summed E-state index contributed by atoms with van der Waals surface area (Å²) in [6, 6.07) is 7.06. The third-order valence-corrected chi connectivity index (χ3v) is 5.13. The van der Waals surface area contributed by atoms with E-state index in [4.69, 9.17) is 5.73 Å². The number of aryl methyl sites for hydroxylation is 2. The summed E-state index contributed by atoms with van der Waals surface area (Å²) in [5, 5.41) is 6.79. The topological polar surface area (TPSA) is 84.2 Å². The molecule has 0 radical (unpaired) electrons. The van der Waals surface area contributed by atoms with Gasteiger partial charge in [0.05, 0.1) is 18.7 Å². The summed E-state index contributed by atoms with van der Waals surface area (Å²) in [7, 11) is 0. The van der Waals surface area contributed by atoms with Crippen LogP contribution in [0.2, 0.25) is 0 Å². The average Bonchev–Trinajstić information content (AvgIpc) is 3.28. The Hall–Kier alpha value is -2.03. The maximum Gasteiger partial charge on any atom is 0.277 e. The van der Waals surface area contributed by atoms with Crippen molar-refractivity contribution in [2.24, 2.45) is 5.73 Å². The summed E-state index contributed by atoms with van der Waals surface area (Å²) in [6.45, 7) is -1.70. The highest BCUT2D eigenvalue weighted by Crippen LogP contribution is 2.26. The molecule has 0 saturated heterocycles. The van der Waals surface area contributed by atoms with Crippen molar-refractivity contribution in [1.29, 1.82) is 0 Å². The van der Waals surface area contributed by atoms with Gasteiger partial charge in [0.2, 0.25) is 0 Å². The molecule has 0 unspecified atom stereocenters. The first-order valence-electron chi connectivity index (χ1n) is 8.26. The number of hydrogen-bond acceptors (Lipinski definition) is 4. The molecule has 0 saturated carbocycles. The van der Waals surface area contributed by atoms with Crippen molar-refractivity contribution in [3.63, 3.8) is 0 Å². The fourth-order valence-corrected chi connectivity index (χ4v) is 3.63. The molecule has 4 N–H and O–H groups in total. The van der Waals surface area contributed by atoms with Gasteiger partial charge in [-0.1, -0.05) is 6.07 Å². The summed E-state index contributed by atoms with van der Waals surface area (Å²) in [5.74, 6) is -4.17. The number of amides is 2. The van der Waals surface area contributed by atoms with E-state index < -0.39 is 24.9 Å². The Morgan fingerprint density at radius 2 is 1.89 bits per heavy atom. The number of carbonyl (C=O) groups is 2. The van der Waals surface area contributed by atoms with Gasteiger partial charge in [0.1, 0.15) is 5.00 Å². The van der Waals surface area contributed by atoms with Crippen LogP contribution < -0.4 is 16.4 Å². The lowest BCUT2D eigenvalue weighted by molar-refractivity contribution is 0.0119. The summed E-state index contributed by atoms with van der Waals surface area (Å²) in [6.07, 6.45) is 3.07. The number of nitrogens with one attached hydrogen (secondary N) is 2. The molecule has 0 aliphatic heterocycles. The normalized spacial score (nSPS) is 12.9. The molecule has 27 heavy (non-hydrogen) atoms. The smallest absolute Gasteiger partial charge is 0.277 e. The van der Waals surface area contributed by atoms with Gasteiger partial charge in [0, 0.05) is 5.56 Å². The summed E-state index contributed by atoms with van der Waals surface area (Å²) >= 11 is 1.16. The molecule has 0 spiro atoms. The van der Waals surface area contributed by atoms with E-state index in [0.717, 1.165) is 30.6 Å². The van der Waals surface area contributed by atoms with E-state index in [9.17, 15) is 18.4 Å². The number of alkyl halides is 2. The molecule has 0 atom stereocenters. The molecule has 2 aromatic rings. The molecule has 9 heteroatoms. The van der Waals surface area contributed by atoms with Crippen LogP contribution in [0.4, 0.5) is 13.8 Å². The van der Waals surface area contributed by atoms with Crippen molar-refractivity contribution in [3.05, 3.63) is 51.9 Å². The Labute approximate surface area is 165 Å². The summed E-state index contributed by atoms with van der Waals surface area (Å²) < 4.78 is 26.4. The van der Waals surface area contributed by atoms with Crippen molar-refractivity contribution < 1.29 is 18.4 Å². The molecule has 3 rings (SSSR count). The van der Waals surface area contributed by atoms with Crippen LogP contribution in [0, 0.1) is 0 Å². The van der Waals surface area contributed by atoms with Gasteiger partial charge in [-0.15, -0.1) is 23.7 Å². The molecule has 1 aliphatic rings. The number of benzene rings is 1. The van der Waals surface area contributed by atoms with Gasteiger partial charge in [-0.3, -0.25) is 9.59 Å². The van der Waals surface area contributed by atoms with E-state index in [0.29, 0.717) is 10.6 Å². The van der Waals surface area contributed by atoms with Gasteiger partial charge in [-0.2, -0.15) is 0 Å². The Balaban J connectivity index is 0.00000261. The van der Waals surface area contributed by atoms with Crippen LogP contribution in [0.15, 0.2) is 29.6 Å². The predicted molar refractivity (Wildman–Crippen MR) is 104 cm³/mol. The van der Waals surface area contributed by atoms with Crippen molar-refractivity contribution in [2.45, 2.75) is 25.2 Å². The average molecular weight is 416 g/mol. The van der Waals surface area contributed by atoms with Crippen LogP contribution in [-0.2, 0) is 12.8 Å². The molecule has 5 nitrogen and oxygen atoms in total. The van der Waals surface area contributed by atoms with Gasteiger partial charge >= 0.3 is 0 Å². The lowest BCUT2D eigenvalue weighted by Crippen LogP contribution is -2.41. The molecule has 146 valence electrons. The van der Waals surface area contributed by atoms with Crippen molar-refractivity contribution in [1.82, 2.24) is 5.32 Å². The number of thiophene rings is 1. The molecule has 1 aromatic carbocycles. The first kappa shape index (κ1) is 21.3. The molecule has 1 aromatic heterocycles. The maximum absolute atomic E-state index is 13.2. The van der Waals surface area contributed by atoms with Crippen molar-refractivity contribution in [3.8, 4) is 0 Å². The first-order valence-corrected chi connectivity index (χ1v) is 9.14. The van der Waals surface area contributed by atoms with Gasteiger partial charge in [-0.05, 0) is 54.0 Å². The minimum atomic E-state index is -3.17. The fourth-order valence-electron chi connectivity index (χ4n) is 2.85. The molecular weight excluding hydrogens is 396 g/mol. The second kappa shape index (κ2) is 8.77. The van der Waals surface area contributed by atoms with Crippen LogP contribution >= 0.6 is 23.7 Å². The highest BCUT2D eigenvalue weighted by Gasteiger charge is 2.28. The number of carbonyl (C=O) groups excluding carboxylic acids is 2. The van der Waals surface area contributed by atoms with Gasteiger partial charge in [-0.25, -0.2) is 8.78 Å². The lowest BCUT2D eigenvalue weighted by atomic mass is 10.1. The highest BCUT2D eigenvalue weighted by atomic mass is 35.5. The third-order valence-electron chi connectivity index (χ3n) is 4.30. The zero-order valence-electron chi connectivity index (χ0n) is 14.4. The Morgan fingerprint density at radius 1 is 1.15 bits per heavy atom. The molecule has 0 fully saturated rings. The van der Waals surface area contributed by atoms with E-state index in [1.807, 2.05) is 12.1 Å². The maximum atomic E-state index is 13.2. The number of fused-ring (bicyclic) bond motifs is 1. The summed E-state index contributed by atoms with van der Waals surface area (Å²) in [4.78, 5) is 24.6. The minimum absolute atomic E-state index is 0. The molecule has 0 bridgehead atoms. The van der Waals surface area contributed by atoms with E-state index in [1.165, 1.54) is 17.2 Å². The standard InChI is InChI=1S/C18H19F2N3O2S.ClH/c19-18(20,9-21)10-22-16(25)14-6-7-26-17(14)23-15(24)13-5-4-11-2-1-3-12(11)8-13;/h4-8H,1-3,9-10,21H2,(H,22,25)(H,23,24);1H. The zero-order chi connectivity index (χ0) is 18.7. The van der Waals surface area contributed by atoms with E-state index in [1.54, 1.807) is 11.4 Å². The van der Waals surface area contributed by atoms with Crippen LogP contribution in [0.1, 0.15) is 38.3 Å². The van der Waals surface area contributed by atoms with E-state index >= 15 is 0 Å². The molecule has 1 heterocycles. The van der Waals surface area contributed by atoms with Crippen molar-refractivity contribution >= 4 is 40.6 Å². The van der Waals surface area contributed by atoms with Gasteiger partial charge < -0.3 is 16.4 Å². The largest absolute Gasteiger partial charge is 0.346 e. The molecule has 1 aliphatic carbocycles. The first-order chi connectivity index (χ1) is 12.4. The Kier molecular flexibility index (Phi) is 6.91. The van der Waals surface area contributed by atoms with Crippen LogP contribution in [-0.4, -0.2) is 30.8 Å². The molecule has 2 amide bonds. The number of anilines is 1. The molecular formula is C18H20ClF2N3O2S. The van der Waals surface area contributed by atoms with E-state index in [2.05, 4.69) is 10.6 Å². The van der Waals surface area contributed by atoms with Gasteiger partial charge in [0.25, 0.3) is 17.7 Å². The van der Waals surface area contributed by atoms with Crippen LogP contribution in [0.3, 0.4) is 0 Å². The number of halogens is 3. The second-order valence-corrected chi connectivity index (χ2v) is 7.11. The second-order valence-electron chi connectivity index (χ2n) is 6.20. The number of hydrogen-bond donors (Lipinski definition) is 3. The quantitative estimate of drug-likeness (QED) is 0.677. The highest BCUT2D eigenvalue weighted by molar-refractivity contribution is 7.14. The van der Waals surface area contributed by atoms with E-state index in [-0.39, 0.29) is 23.9 Å². The zero-order valence-corrected chi connectivity index (χ0v) is 16.0. The minimum Gasteiger partial charge on any atom is -0.346 e. The number of nitrogens with two attached hydrogens (primary N) is 1. The predicted octanol–water partition coefficient (Wildman–Crippen LogP) is 3.23. The van der Waals surface area contributed by atoms with Crippen LogP contribution in [0.5, 0.6) is 0 Å². The monoisotopic (exact) mass is 415 g/mol. The van der Waals surface area contributed by atoms with Gasteiger partial charge in [0.15, 0.2) is 0 Å². The van der Waals surface area contributed by atoms with Crippen LogP contribution in [0.25, 0.3) is 0 Å². The number of rotatable bonds is 6. The Morgan fingerprint density at radius 3 is 2.63 bits per heavy atom.